The minimum atomic E-state index is -0.302. The molecule has 230 valence electrons. The van der Waals surface area contributed by atoms with Gasteiger partial charge in [0.15, 0.2) is 11.6 Å². The maximum Gasteiger partial charge on any atom is 0.165 e. The fraction of sp³-hybridized carbons (Fsp3) is 0.684. The van der Waals surface area contributed by atoms with E-state index in [-0.39, 0.29) is 5.82 Å². The summed E-state index contributed by atoms with van der Waals surface area (Å²) in [6.45, 7) is 5.49. The Balaban J connectivity index is 1.25. The highest BCUT2D eigenvalue weighted by Gasteiger charge is 2.20. The van der Waals surface area contributed by atoms with Crippen LogP contribution in [-0.2, 0) is 13.0 Å². The second-order valence-electron chi connectivity index (χ2n) is 12.6. The van der Waals surface area contributed by atoms with Crippen molar-refractivity contribution in [2.75, 3.05) is 6.61 Å². The summed E-state index contributed by atoms with van der Waals surface area (Å²) in [4.78, 5) is 0. The van der Waals surface area contributed by atoms with E-state index in [9.17, 15) is 4.39 Å². The van der Waals surface area contributed by atoms with Crippen LogP contribution in [0.3, 0.4) is 0 Å². The van der Waals surface area contributed by atoms with Crippen molar-refractivity contribution in [1.82, 2.24) is 0 Å². The van der Waals surface area contributed by atoms with Gasteiger partial charge >= 0.3 is 0 Å². The van der Waals surface area contributed by atoms with E-state index in [1.807, 2.05) is 6.07 Å². The monoisotopic (exact) mass is 566 g/mol. The van der Waals surface area contributed by atoms with E-state index in [4.69, 9.17) is 9.47 Å². The molecule has 0 amide bonds. The summed E-state index contributed by atoms with van der Waals surface area (Å²) in [7, 11) is 0. The number of hydrogen-bond donors (Lipinski definition) is 0. The molecule has 41 heavy (non-hydrogen) atoms. The highest BCUT2D eigenvalue weighted by Crippen LogP contribution is 2.34. The van der Waals surface area contributed by atoms with Crippen molar-refractivity contribution < 1.29 is 13.9 Å². The first-order valence-corrected chi connectivity index (χ1v) is 17.3. The van der Waals surface area contributed by atoms with Gasteiger partial charge in [0.1, 0.15) is 12.4 Å². The van der Waals surface area contributed by atoms with Crippen LogP contribution in [0.25, 0.3) is 0 Å². The van der Waals surface area contributed by atoms with Crippen LogP contribution in [0.5, 0.6) is 11.5 Å². The number of rotatable bonds is 22. The van der Waals surface area contributed by atoms with Crippen LogP contribution in [0.15, 0.2) is 42.5 Å². The molecule has 0 unspecified atom stereocenters. The van der Waals surface area contributed by atoms with Crippen molar-refractivity contribution in [3.8, 4) is 11.5 Å². The third-order valence-corrected chi connectivity index (χ3v) is 9.10. The van der Waals surface area contributed by atoms with Crippen LogP contribution in [0.2, 0.25) is 0 Å². The number of halogens is 1. The Morgan fingerprint density at radius 2 is 1.17 bits per heavy atom. The second-order valence-corrected chi connectivity index (χ2v) is 12.6. The summed E-state index contributed by atoms with van der Waals surface area (Å²) in [5, 5.41) is 0. The van der Waals surface area contributed by atoms with Crippen LogP contribution in [0, 0.1) is 17.7 Å². The predicted octanol–water partition coefficient (Wildman–Crippen LogP) is 12.0. The quantitative estimate of drug-likeness (QED) is 0.132. The van der Waals surface area contributed by atoms with Gasteiger partial charge in [-0.1, -0.05) is 141 Å². The van der Waals surface area contributed by atoms with Gasteiger partial charge in [-0.05, 0) is 66.5 Å². The van der Waals surface area contributed by atoms with E-state index in [0.717, 1.165) is 42.4 Å². The Kier molecular flexibility index (Phi) is 17.0. The summed E-state index contributed by atoms with van der Waals surface area (Å²) >= 11 is 0. The van der Waals surface area contributed by atoms with Crippen LogP contribution >= 0.6 is 0 Å². The molecule has 2 aromatic carbocycles. The molecule has 2 aromatic rings. The lowest BCUT2D eigenvalue weighted by molar-refractivity contribution is 0.249. The van der Waals surface area contributed by atoms with Gasteiger partial charge in [-0.15, -0.1) is 0 Å². The fourth-order valence-corrected chi connectivity index (χ4v) is 6.30. The van der Waals surface area contributed by atoms with Gasteiger partial charge in [-0.25, -0.2) is 4.39 Å². The van der Waals surface area contributed by atoms with Crippen molar-refractivity contribution in [1.29, 1.82) is 0 Å². The standard InChI is InChI=1S/C38H59FO2/c1-3-5-7-8-9-10-11-12-13-15-29-40-38-28-25-35(30-37(38)39)31-41-36-26-23-34(24-27-36)22-21-33-19-17-32(18-20-33)16-14-6-4-2/h23-28,30,32-33H,3-22,29,31H2,1-2H3. The Hall–Kier alpha value is -2.03. The topological polar surface area (TPSA) is 18.5 Å². The zero-order chi connectivity index (χ0) is 29.0. The summed E-state index contributed by atoms with van der Waals surface area (Å²) in [6, 6.07) is 13.7. The lowest BCUT2D eigenvalue weighted by Crippen LogP contribution is -2.15. The Labute approximate surface area is 251 Å². The average molecular weight is 567 g/mol. The van der Waals surface area contributed by atoms with Crippen LogP contribution in [0.1, 0.15) is 147 Å². The van der Waals surface area contributed by atoms with Gasteiger partial charge in [-0.2, -0.15) is 0 Å². The molecule has 2 nitrogen and oxygen atoms in total. The van der Waals surface area contributed by atoms with E-state index < -0.39 is 0 Å². The van der Waals surface area contributed by atoms with E-state index in [1.165, 1.54) is 115 Å². The fourth-order valence-electron chi connectivity index (χ4n) is 6.30. The van der Waals surface area contributed by atoms with Gasteiger partial charge in [-0.3, -0.25) is 0 Å². The molecule has 0 radical (unpaired) electrons. The molecular formula is C38H59FO2. The third kappa shape index (κ3) is 14.1. The second kappa shape index (κ2) is 20.8. The Morgan fingerprint density at radius 3 is 1.80 bits per heavy atom. The first-order chi connectivity index (χ1) is 20.2. The molecule has 3 heteroatoms. The summed E-state index contributed by atoms with van der Waals surface area (Å²) in [5.41, 5.74) is 2.21. The lowest BCUT2D eigenvalue weighted by atomic mass is 9.78. The highest BCUT2D eigenvalue weighted by molar-refractivity contribution is 5.31. The molecule has 0 saturated heterocycles. The van der Waals surface area contributed by atoms with Gasteiger partial charge < -0.3 is 9.47 Å². The van der Waals surface area contributed by atoms with Crippen LogP contribution in [-0.4, -0.2) is 6.61 Å². The van der Waals surface area contributed by atoms with E-state index in [0.29, 0.717) is 19.0 Å². The van der Waals surface area contributed by atoms with Crippen molar-refractivity contribution in [3.63, 3.8) is 0 Å². The van der Waals surface area contributed by atoms with E-state index in [2.05, 4.69) is 38.1 Å². The number of ether oxygens (including phenoxy) is 2. The smallest absolute Gasteiger partial charge is 0.165 e. The maximum absolute atomic E-state index is 14.6. The van der Waals surface area contributed by atoms with Gasteiger partial charge in [0.2, 0.25) is 0 Å². The number of benzene rings is 2. The van der Waals surface area contributed by atoms with Crippen LogP contribution in [0.4, 0.5) is 4.39 Å². The first kappa shape index (κ1) is 33.5. The molecule has 1 fully saturated rings. The number of aryl methyl sites for hydroxylation is 1. The van der Waals surface area contributed by atoms with E-state index in [1.54, 1.807) is 12.1 Å². The van der Waals surface area contributed by atoms with Crippen molar-refractivity contribution in [3.05, 3.63) is 59.4 Å². The number of hydrogen-bond acceptors (Lipinski definition) is 2. The van der Waals surface area contributed by atoms with Gasteiger partial charge in [0, 0.05) is 0 Å². The molecule has 0 N–H and O–H groups in total. The molecule has 0 heterocycles. The third-order valence-electron chi connectivity index (χ3n) is 9.10. The zero-order valence-corrected chi connectivity index (χ0v) is 26.4. The van der Waals surface area contributed by atoms with Gasteiger partial charge in [0.05, 0.1) is 6.61 Å². The molecule has 1 saturated carbocycles. The molecule has 0 atom stereocenters. The lowest BCUT2D eigenvalue weighted by Gasteiger charge is -2.28. The maximum atomic E-state index is 14.6. The predicted molar refractivity (Wildman–Crippen MR) is 172 cm³/mol. The Bertz CT molecular complexity index is 916. The summed E-state index contributed by atoms with van der Waals surface area (Å²) < 4.78 is 26.2. The Morgan fingerprint density at radius 1 is 0.610 bits per heavy atom. The van der Waals surface area contributed by atoms with Crippen molar-refractivity contribution in [2.45, 2.75) is 149 Å². The molecule has 0 bridgehead atoms. The SMILES string of the molecule is CCCCCCCCCCCCOc1ccc(COc2ccc(CCC3CCC(CCCCC)CC3)cc2)cc1F. The minimum absolute atomic E-state index is 0.302. The highest BCUT2D eigenvalue weighted by atomic mass is 19.1. The largest absolute Gasteiger partial charge is 0.491 e. The molecule has 0 aromatic heterocycles. The van der Waals surface area contributed by atoms with Crippen molar-refractivity contribution in [2.24, 2.45) is 11.8 Å². The summed E-state index contributed by atoms with van der Waals surface area (Å²) in [6.07, 6.45) is 26.6. The molecule has 0 spiro atoms. The van der Waals surface area contributed by atoms with Crippen molar-refractivity contribution >= 4 is 0 Å². The zero-order valence-electron chi connectivity index (χ0n) is 26.4. The van der Waals surface area contributed by atoms with E-state index >= 15 is 0 Å². The first-order valence-electron chi connectivity index (χ1n) is 17.3. The van der Waals surface area contributed by atoms with Crippen LogP contribution < -0.4 is 9.47 Å². The minimum Gasteiger partial charge on any atom is -0.491 e. The molecule has 1 aliphatic carbocycles. The summed E-state index contributed by atoms with van der Waals surface area (Å²) in [5.74, 6) is 2.76. The average Bonchev–Trinajstić information content (AvgIpc) is 3.00. The van der Waals surface area contributed by atoms with Gasteiger partial charge in [0.25, 0.3) is 0 Å². The normalized spacial score (nSPS) is 17.0. The molecule has 0 aliphatic heterocycles. The molecule has 3 rings (SSSR count). The molecular weight excluding hydrogens is 507 g/mol. The molecule has 1 aliphatic rings. The number of unbranched alkanes of at least 4 members (excludes halogenated alkanes) is 11.